The van der Waals surface area contributed by atoms with Crippen molar-refractivity contribution in [1.82, 2.24) is 29.1 Å². The van der Waals surface area contributed by atoms with Gasteiger partial charge < -0.3 is 10.1 Å². The van der Waals surface area contributed by atoms with Gasteiger partial charge in [-0.1, -0.05) is 47.5 Å². The van der Waals surface area contributed by atoms with Crippen LogP contribution in [0.1, 0.15) is 38.2 Å². The lowest BCUT2D eigenvalue weighted by Crippen LogP contribution is -2.52. The van der Waals surface area contributed by atoms with Crippen LogP contribution in [0.25, 0.3) is 11.1 Å². The second-order valence-corrected chi connectivity index (χ2v) is 15.3. The minimum atomic E-state index is -4.42. The number of anilines is 2. The summed E-state index contributed by atoms with van der Waals surface area (Å²) in [6.45, 7) is 1.72. The zero-order valence-corrected chi connectivity index (χ0v) is 28.8. The Kier molecular flexibility index (Phi) is 8.25. The van der Waals surface area contributed by atoms with Crippen LogP contribution in [-0.4, -0.2) is 75.3 Å². The molecule has 1 saturated heterocycles. The number of nitrogens with zero attached hydrogens (tertiary/aromatic N) is 6. The standard InChI is InChI=1S/C33H31Cl2N7O6S/c1-32(15-20-5-7-21(8-6-20)22-16-36-19-37-17-22)29(44)41(25-13-23(34)12-24(35)14-25)31-38-18-27(42(31)32)49(46,47)40-11-3-4-26(40)28(43)39-33(9-10-33)30(45)48-2/h5-8,12-14,16-19,26H,3-4,9-11,15H2,1-2H3,(H,39,43)/t26-,32+/m0/s1. The third-order valence-electron chi connectivity index (χ3n) is 9.34. The lowest BCUT2D eigenvalue weighted by molar-refractivity contribution is -0.146. The number of nitrogens with one attached hydrogen (secondary N) is 1. The van der Waals surface area contributed by atoms with Crippen LogP contribution in [-0.2, 0) is 41.1 Å². The van der Waals surface area contributed by atoms with Crippen molar-refractivity contribution >= 4 is 62.6 Å². The Labute approximate surface area is 292 Å². The van der Waals surface area contributed by atoms with E-state index in [0.717, 1.165) is 21.0 Å². The summed E-state index contributed by atoms with van der Waals surface area (Å²) < 4.78 is 36.5. The van der Waals surface area contributed by atoms with E-state index in [1.54, 1.807) is 31.5 Å². The molecule has 49 heavy (non-hydrogen) atoms. The SMILES string of the molecule is COC(=O)C1(NC(=O)[C@@H]2CCCN2S(=O)(=O)c2cnc3n2[C@](C)(Cc2ccc(-c4cncnc4)cc2)C(=O)N3c2cc(Cl)cc(Cl)c2)CC1. The van der Waals surface area contributed by atoms with E-state index in [2.05, 4.69) is 20.3 Å². The Morgan fingerprint density at radius 2 is 1.69 bits per heavy atom. The minimum Gasteiger partial charge on any atom is -0.467 e. The van der Waals surface area contributed by atoms with Crippen molar-refractivity contribution in [3.8, 4) is 11.1 Å². The molecule has 2 fully saturated rings. The van der Waals surface area contributed by atoms with E-state index in [0.29, 0.717) is 24.9 Å². The molecule has 1 N–H and O–H groups in total. The van der Waals surface area contributed by atoms with Gasteiger partial charge in [0.15, 0.2) is 5.03 Å². The van der Waals surface area contributed by atoms with Crippen LogP contribution >= 0.6 is 23.2 Å². The molecule has 0 bridgehead atoms. The van der Waals surface area contributed by atoms with Gasteiger partial charge in [0.25, 0.3) is 15.9 Å². The van der Waals surface area contributed by atoms with Crippen LogP contribution in [0.3, 0.4) is 0 Å². The maximum Gasteiger partial charge on any atom is 0.331 e. The highest BCUT2D eigenvalue weighted by Gasteiger charge is 2.56. The average molecular weight is 725 g/mol. The van der Waals surface area contributed by atoms with E-state index < -0.39 is 44.9 Å². The van der Waals surface area contributed by atoms with Crippen molar-refractivity contribution < 1.29 is 27.5 Å². The summed E-state index contributed by atoms with van der Waals surface area (Å²) in [5.41, 5.74) is 0.122. The van der Waals surface area contributed by atoms with Gasteiger partial charge in [0, 0.05) is 41.0 Å². The quantitative estimate of drug-likeness (QED) is 0.249. The zero-order chi connectivity index (χ0) is 34.7. The number of carbonyl (C=O) groups excluding carboxylic acids is 3. The van der Waals surface area contributed by atoms with Gasteiger partial charge in [-0.15, -0.1) is 0 Å². The van der Waals surface area contributed by atoms with E-state index in [4.69, 9.17) is 27.9 Å². The van der Waals surface area contributed by atoms with E-state index in [1.165, 1.54) is 35.2 Å². The van der Waals surface area contributed by atoms with Crippen molar-refractivity contribution in [2.24, 2.45) is 0 Å². The molecule has 3 aliphatic rings. The number of fused-ring (bicyclic) bond motifs is 1. The van der Waals surface area contributed by atoms with Gasteiger partial charge in [-0.3, -0.25) is 14.2 Å². The number of aromatic nitrogens is 4. The summed E-state index contributed by atoms with van der Waals surface area (Å²) in [5, 5.41) is 3.04. The fraction of sp³-hybridized carbons (Fsp3) is 0.333. The Hall–Kier alpha value is -4.37. The first-order valence-electron chi connectivity index (χ1n) is 15.5. The summed E-state index contributed by atoms with van der Waals surface area (Å²) in [4.78, 5) is 54.3. The predicted molar refractivity (Wildman–Crippen MR) is 180 cm³/mol. The maximum atomic E-state index is 14.6. The van der Waals surface area contributed by atoms with Crippen molar-refractivity contribution in [2.45, 2.75) is 61.2 Å². The number of hydrogen-bond donors (Lipinski definition) is 1. The number of sulfonamides is 1. The van der Waals surface area contributed by atoms with E-state index in [1.807, 2.05) is 24.3 Å². The third-order valence-corrected chi connectivity index (χ3v) is 11.6. The molecule has 2 aliphatic heterocycles. The summed E-state index contributed by atoms with van der Waals surface area (Å²) in [5.74, 6) is -1.54. The number of ether oxygens (including phenoxy) is 1. The van der Waals surface area contributed by atoms with Gasteiger partial charge in [-0.05, 0) is 61.9 Å². The number of halogens is 2. The number of amides is 2. The van der Waals surface area contributed by atoms with E-state index in [-0.39, 0.29) is 40.4 Å². The molecule has 4 aromatic rings. The van der Waals surface area contributed by atoms with Crippen LogP contribution in [0.4, 0.5) is 11.6 Å². The fourth-order valence-electron chi connectivity index (χ4n) is 6.70. The number of rotatable bonds is 9. The Bertz CT molecular complexity index is 2070. The van der Waals surface area contributed by atoms with Gasteiger partial charge in [0.05, 0.1) is 19.0 Å². The lowest BCUT2D eigenvalue weighted by atomic mass is 9.91. The number of benzene rings is 2. The second-order valence-electron chi connectivity index (χ2n) is 12.6. The molecule has 1 saturated carbocycles. The summed E-state index contributed by atoms with van der Waals surface area (Å²) in [6, 6.07) is 11.0. The highest BCUT2D eigenvalue weighted by Crippen LogP contribution is 2.45. The number of methoxy groups -OCH3 is 1. The predicted octanol–water partition coefficient (Wildman–Crippen LogP) is 4.26. The van der Waals surface area contributed by atoms with E-state index in [9.17, 15) is 22.8 Å². The van der Waals surface area contributed by atoms with Crippen LogP contribution < -0.4 is 10.2 Å². The summed E-state index contributed by atoms with van der Waals surface area (Å²) >= 11 is 12.7. The molecule has 2 atom stereocenters. The molecule has 7 rings (SSSR count). The van der Waals surface area contributed by atoms with Crippen LogP contribution in [0.5, 0.6) is 0 Å². The smallest absolute Gasteiger partial charge is 0.331 e. The van der Waals surface area contributed by atoms with Crippen LogP contribution in [0.15, 0.2) is 72.4 Å². The van der Waals surface area contributed by atoms with Gasteiger partial charge >= 0.3 is 5.97 Å². The first-order valence-corrected chi connectivity index (χ1v) is 17.7. The molecule has 0 spiro atoms. The molecule has 2 amide bonds. The van der Waals surface area contributed by atoms with Gasteiger partial charge in [0.2, 0.25) is 11.9 Å². The van der Waals surface area contributed by atoms with Gasteiger partial charge in [-0.2, -0.15) is 4.31 Å². The number of imidazole rings is 1. The lowest BCUT2D eigenvalue weighted by Gasteiger charge is -2.29. The largest absolute Gasteiger partial charge is 0.467 e. The summed E-state index contributed by atoms with van der Waals surface area (Å²) in [6.07, 6.45) is 7.63. The van der Waals surface area contributed by atoms with Gasteiger partial charge in [-0.25, -0.2) is 33.1 Å². The Balaban J connectivity index is 1.28. The van der Waals surface area contributed by atoms with Crippen molar-refractivity contribution in [2.75, 3.05) is 18.6 Å². The molecule has 0 radical (unpaired) electrons. The van der Waals surface area contributed by atoms with Gasteiger partial charge in [0.1, 0.15) is 23.4 Å². The first-order chi connectivity index (χ1) is 23.4. The normalized spacial score (nSPS) is 21.4. The highest BCUT2D eigenvalue weighted by atomic mass is 35.5. The maximum absolute atomic E-state index is 14.6. The van der Waals surface area contributed by atoms with Crippen LogP contribution in [0.2, 0.25) is 10.0 Å². The molecule has 4 heterocycles. The molecule has 0 unspecified atom stereocenters. The highest BCUT2D eigenvalue weighted by molar-refractivity contribution is 7.89. The molecule has 2 aromatic heterocycles. The van der Waals surface area contributed by atoms with Crippen LogP contribution in [0, 0.1) is 0 Å². The molecule has 1 aliphatic carbocycles. The molecular weight excluding hydrogens is 693 g/mol. The monoisotopic (exact) mass is 723 g/mol. The molecular formula is C33H31Cl2N7O6S. The molecule has 16 heteroatoms. The molecule has 2 aromatic carbocycles. The summed E-state index contributed by atoms with van der Waals surface area (Å²) in [7, 11) is -3.17. The Morgan fingerprint density at radius 1 is 1.02 bits per heavy atom. The number of esters is 1. The average Bonchev–Trinajstić information content (AvgIpc) is 3.40. The first kappa shape index (κ1) is 33.1. The third kappa shape index (κ3) is 5.66. The van der Waals surface area contributed by atoms with E-state index >= 15 is 0 Å². The topological polar surface area (TPSA) is 157 Å². The van der Waals surface area contributed by atoms with Crippen molar-refractivity contribution in [3.63, 3.8) is 0 Å². The molecule has 254 valence electrons. The second kappa shape index (κ2) is 12.2. The minimum absolute atomic E-state index is 0.0604. The van der Waals surface area contributed by atoms with Crippen molar-refractivity contribution in [3.05, 3.63) is 83.0 Å². The molecule has 13 nitrogen and oxygen atoms in total. The van der Waals surface area contributed by atoms with Crippen molar-refractivity contribution in [1.29, 1.82) is 0 Å². The number of carbonyl (C=O) groups is 3. The Morgan fingerprint density at radius 3 is 2.33 bits per heavy atom. The fourth-order valence-corrected chi connectivity index (χ4v) is 9.06. The number of hydrogen-bond acceptors (Lipinski definition) is 9. The zero-order valence-electron chi connectivity index (χ0n) is 26.5.